The second kappa shape index (κ2) is 12.4. The minimum atomic E-state index is -0.972. The first-order valence-corrected chi connectivity index (χ1v) is 15.9. The zero-order chi connectivity index (χ0) is 31.8. The Kier molecular flexibility index (Phi) is 8.42. The van der Waals surface area contributed by atoms with E-state index in [1.807, 2.05) is 32.0 Å². The predicted octanol–water partition coefficient (Wildman–Crippen LogP) is 7.08. The minimum Gasteiger partial charge on any atom is -0.507 e. The fourth-order valence-corrected chi connectivity index (χ4v) is 6.70. The maximum Gasteiger partial charge on any atom is 0.301 e. The van der Waals surface area contributed by atoms with Crippen LogP contribution in [-0.2, 0) is 16.0 Å². The van der Waals surface area contributed by atoms with Crippen molar-refractivity contribution >= 4 is 44.1 Å². The van der Waals surface area contributed by atoms with Crippen LogP contribution in [-0.4, -0.2) is 48.2 Å². The highest BCUT2D eigenvalue weighted by Gasteiger charge is 2.48. The standard InChI is InChI=1S/C35H36N2O7S/c1-6-42-28-17-21(7-12-27(28)43-14-13-19(2)3)31-30(32(38)22-8-11-26-23(16-22)15-20(4)44-26)33(39)34(40)37(31)35-36-25-10-9-24(41-5)18-29(25)45-35/h7-12,16-20,31,38H,6,13-15H2,1-5H3/b32-30+. The van der Waals surface area contributed by atoms with Crippen molar-refractivity contribution in [3.8, 4) is 23.0 Å². The number of Topliss-reactive ketones (excluding diaryl/α,β-unsaturated/α-hetero) is 1. The van der Waals surface area contributed by atoms with Crippen LogP contribution in [0.3, 0.4) is 0 Å². The Morgan fingerprint density at radius 1 is 1.09 bits per heavy atom. The summed E-state index contributed by atoms with van der Waals surface area (Å²) in [4.78, 5) is 33.8. The van der Waals surface area contributed by atoms with Crippen LogP contribution in [0.4, 0.5) is 5.13 Å². The van der Waals surface area contributed by atoms with E-state index in [4.69, 9.17) is 23.9 Å². The maximum absolute atomic E-state index is 13.8. The number of hydrogen-bond acceptors (Lipinski definition) is 9. The van der Waals surface area contributed by atoms with Gasteiger partial charge in [-0.1, -0.05) is 31.3 Å². The number of ketones is 1. The van der Waals surface area contributed by atoms with Crippen LogP contribution in [0.25, 0.3) is 16.0 Å². The van der Waals surface area contributed by atoms with Gasteiger partial charge in [-0.25, -0.2) is 4.98 Å². The third kappa shape index (κ3) is 5.82. The molecule has 10 heteroatoms. The molecule has 2 aliphatic rings. The number of amides is 1. The number of aliphatic hydroxyl groups is 1. The third-order valence-electron chi connectivity index (χ3n) is 7.94. The molecule has 1 aromatic heterocycles. The molecular weight excluding hydrogens is 592 g/mol. The molecule has 9 nitrogen and oxygen atoms in total. The largest absolute Gasteiger partial charge is 0.507 e. The zero-order valence-corrected chi connectivity index (χ0v) is 26.8. The molecule has 6 rings (SSSR count). The summed E-state index contributed by atoms with van der Waals surface area (Å²) in [5.74, 6) is 1.09. The van der Waals surface area contributed by atoms with E-state index in [2.05, 4.69) is 13.8 Å². The van der Waals surface area contributed by atoms with Gasteiger partial charge in [0, 0.05) is 12.0 Å². The third-order valence-corrected chi connectivity index (χ3v) is 8.96. The molecule has 45 heavy (non-hydrogen) atoms. The van der Waals surface area contributed by atoms with Gasteiger partial charge in [0.25, 0.3) is 5.78 Å². The summed E-state index contributed by atoms with van der Waals surface area (Å²) in [6, 6.07) is 15.2. The van der Waals surface area contributed by atoms with Crippen LogP contribution < -0.4 is 23.8 Å². The molecular formula is C35H36N2O7S. The van der Waals surface area contributed by atoms with E-state index < -0.39 is 17.7 Å². The van der Waals surface area contributed by atoms with Crippen LogP contribution in [0.15, 0.2) is 60.2 Å². The van der Waals surface area contributed by atoms with E-state index in [0.717, 1.165) is 22.4 Å². The second-order valence-electron chi connectivity index (χ2n) is 11.6. The maximum atomic E-state index is 13.8. The fourth-order valence-electron chi connectivity index (χ4n) is 5.68. The number of carbonyl (C=O) groups excluding carboxylic acids is 2. The molecule has 0 saturated carbocycles. The van der Waals surface area contributed by atoms with Gasteiger partial charge in [-0.15, -0.1) is 0 Å². The van der Waals surface area contributed by atoms with Gasteiger partial charge in [-0.05, 0) is 85.8 Å². The Morgan fingerprint density at radius 2 is 1.91 bits per heavy atom. The Hall–Kier alpha value is -4.57. The fraction of sp³-hybridized carbons (Fsp3) is 0.343. The molecule has 3 aromatic carbocycles. The lowest BCUT2D eigenvalue weighted by atomic mass is 9.94. The Labute approximate surface area is 266 Å². The van der Waals surface area contributed by atoms with Crippen LogP contribution in [0, 0.1) is 5.92 Å². The Bertz CT molecular complexity index is 1810. The van der Waals surface area contributed by atoms with Crippen molar-refractivity contribution in [1.29, 1.82) is 0 Å². The number of aliphatic hydroxyl groups excluding tert-OH is 1. The van der Waals surface area contributed by atoms with Gasteiger partial charge in [0.1, 0.15) is 23.4 Å². The minimum absolute atomic E-state index is 0.0129. The van der Waals surface area contributed by atoms with Crippen molar-refractivity contribution in [1.82, 2.24) is 4.98 Å². The second-order valence-corrected chi connectivity index (χ2v) is 12.6. The molecule has 0 aliphatic carbocycles. The van der Waals surface area contributed by atoms with E-state index in [0.29, 0.717) is 64.6 Å². The number of rotatable bonds is 10. The topological polar surface area (TPSA) is 107 Å². The summed E-state index contributed by atoms with van der Waals surface area (Å²) in [7, 11) is 1.58. The van der Waals surface area contributed by atoms with Gasteiger partial charge in [0.2, 0.25) is 0 Å². The van der Waals surface area contributed by atoms with Crippen LogP contribution in [0.2, 0.25) is 0 Å². The first-order chi connectivity index (χ1) is 21.7. The Morgan fingerprint density at radius 3 is 2.67 bits per heavy atom. The zero-order valence-electron chi connectivity index (χ0n) is 26.0. The smallest absolute Gasteiger partial charge is 0.301 e. The molecule has 2 unspecified atom stereocenters. The summed E-state index contributed by atoms with van der Waals surface area (Å²) in [5.41, 5.74) is 2.57. The number of aromatic nitrogens is 1. The Balaban J connectivity index is 1.50. The number of methoxy groups -OCH3 is 1. The number of fused-ring (bicyclic) bond motifs is 2. The van der Waals surface area contributed by atoms with Crippen LogP contribution >= 0.6 is 11.3 Å². The molecule has 1 fully saturated rings. The van der Waals surface area contributed by atoms with Crippen molar-refractivity contribution in [3.63, 3.8) is 0 Å². The quantitative estimate of drug-likeness (QED) is 0.113. The lowest BCUT2D eigenvalue weighted by Crippen LogP contribution is -2.29. The van der Waals surface area contributed by atoms with E-state index >= 15 is 0 Å². The summed E-state index contributed by atoms with van der Waals surface area (Å²) in [6.07, 6.45) is 1.57. The first-order valence-electron chi connectivity index (χ1n) is 15.1. The van der Waals surface area contributed by atoms with Crippen molar-refractivity contribution in [2.24, 2.45) is 5.92 Å². The van der Waals surface area contributed by atoms with Gasteiger partial charge in [0.05, 0.1) is 42.2 Å². The molecule has 2 atom stereocenters. The van der Waals surface area contributed by atoms with E-state index in [9.17, 15) is 14.7 Å². The van der Waals surface area contributed by atoms with E-state index in [-0.39, 0.29) is 17.4 Å². The molecule has 1 amide bonds. The predicted molar refractivity (Wildman–Crippen MR) is 174 cm³/mol. The molecule has 3 heterocycles. The molecule has 0 spiro atoms. The van der Waals surface area contributed by atoms with Crippen molar-refractivity contribution in [2.45, 2.75) is 52.7 Å². The highest BCUT2D eigenvalue weighted by Crippen LogP contribution is 2.46. The number of nitrogens with zero attached hydrogens (tertiary/aromatic N) is 2. The number of carbonyl (C=O) groups is 2. The highest BCUT2D eigenvalue weighted by atomic mass is 32.1. The molecule has 0 radical (unpaired) electrons. The van der Waals surface area contributed by atoms with Gasteiger partial charge < -0.3 is 24.1 Å². The van der Waals surface area contributed by atoms with Crippen molar-refractivity contribution in [3.05, 3.63) is 76.9 Å². The monoisotopic (exact) mass is 628 g/mol. The summed E-state index contributed by atoms with van der Waals surface area (Å²) < 4.78 is 24.0. The molecule has 4 aromatic rings. The molecule has 0 bridgehead atoms. The van der Waals surface area contributed by atoms with Crippen LogP contribution in [0.1, 0.15) is 56.8 Å². The highest BCUT2D eigenvalue weighted by molar-refractivity contribution is 7.22. The molecule has 234 valence electrons. The lowest BCUT2D eigenvalue weighted by molar-refractivity contribution is -0.132. The number of ether oxygens (including phenoxy) is 4. The number of benzene rings is 3. The average molecular weight is 629 g/mol. The van der Waals surface area contributed by atoms with E-state index in [1.54, 1.807) is 43.5 Å². The SMILES string of the molecule is CCOc1cc(C2/C(=C(\O)c3ccc4c(c3)CC(C)O4)C(=O)C(=O)N2c2nc3ccc(OC)cc3s2)ccc1OCCC(C)C. The van der Waals surface area contributed by atoms with Gasteiger partial charge in [-0.3, -0.25) is 14.5 Å². The summed E-state index contributed by atoms with van der Waals surface area (Å²) >= 11 is 1.27. The molecule has 2 aliphatic heterocycles. The first kappa shape index (κ1) is 30.5. The summed E-state index contributed by atoms with van der Waals surface area (Å²) in [6.45, 7) is 9.03. The molecule has 1 N–H and O–H groups in total. The number of hydrogen-bond donors (Lipinski definition) is 1. The number of thiazole rings is 1. The van der Waals surface area contributed by atoms with E-state index in [1.165, 1.54) is 16.2 Å². The lowest BCUT2D eigenvalue weighted by Gasteiger charge is -2.24. The van der Waals surface area contributed by atoms with Gasteiger partial charge in [0.15, 0.2) is 16.6 Å². The molecule has 1 saturated heterocycles. The van der Waals surface area contributed by atoms with Gasteiger partial charge >= 0.3 is 5.91 Å². The van der Waals surface area contributed by atoms with Crippen molar-refractivity contribution < 1.29 is 33.6 Å². The summed E-state index contributed by atoms with van der Waals surface area (Å²) in [5, 5.41) is 12.1. The normalized spacial score (nSPS) is 18.8. The average Bonchev–Trinajstić information content (AvgIpc) is 3.69. The van der Waals surface area contributed by atoms with Gasteiger partial charge in [-0.2, -0.15) is 0 Å². The van der Waals surface area contributed by atoms with Crippen LogP contribution in [0.5, 0.6) is 23.0 Å². The number of anilines is 1. The van der Waals surface area contributed by atoms with Crippen molar-refractivity contribution in [2.75, 3.05) is 25.2 Å².